The van der Waals surface area contributed by atoms with Gasteiger partial charge in [-0.3, -0.25) is 14.4 Å². The highest BCUT2D eigenvalue weighted by atomic mass is 16.2. The zero-order valence-electron chi connectivity index (χ0n) is 23.2. The molecule has 0 spiro atoms. The van der Waals surface area contributed by atoms with Crippen LogP contribution in [0.1, 0.15) is 175 Å². The maximum absolute atomic E-state index is 12.9. The maximum atomic E-state index is 12.9. The maximum Gasteiger partial charge on any atom is 0.172 e. The van der Waals surface area contributed by atoms with Gasteiger partial charge in [-0.15, -0.1) is 0 Å². The topological polar surface area (TPSA) is 51.2 Å². The molecule has 0 saturated heterocycles. The third kappa shape index (κ3) is 19.3. The largest absolute Gasteiger partial charge is 0.298 e. The van der Waals surface area contributed by atoms with Crippen LogP contribution < -0.4 is 0 Å². The molecule has 0 aliphatic rings. The summed E-state index contributed by atoms with van der Waals surface area (Å²) in [6.45, 7) is 6.63. The normalized spacial score (nSPS) is 11.3. The van der Waals surface area contributed by atoms with E-state index >= 15 is 0 Å². The van der Waals surface area contributed by atoms with Gasteiger partial charge in [0.2, 0.25) is 0 Å². The molecule has 0 aromatic heterocycles. The van der Waals surface area contributed by atoms with Gasteiger partial charge >= 0.3 is 0 Å². The summed E-state index contributed by atoms with van der Waals surface area (Å²) in [4.78, 5) is 38.7. The van der Waals surface area contributed by atoms with Crippen LogP contribution in [0.15, 0.2) is 0 Å². The summed E-state index contributed by atoms with van der Waals surface area (Å²) in [6.07, 6.45) is 24.9. The molecule has 0 N–H and O–H groups in total. The Bertz CT molecular complexity index is 426. The zero-order valence-corrected chi connectivity index (χ0v) is 23.2. The predicted molar refractivity (Wildman–Crippen MR) is 146 cm³/mol. The lowest BCUT2D eigenvalue weighted by Crippen LogP contribution is -2.29. The van der Waals surface area contributed by atoms with Gasteiger partial charge in [0.15, 0.2) is 23.3 Å². The summed E-state index contributed by atoms with van der Waals surface area (Å²) >= 11 is 0. The molecule has 0 aromatic rings. The van der Waals surface area contributed by atoms with Crippen molar-refractivity contribution in [3.63, 3.8) is 0 Å². The van der Waals surface area contributed by atoms with Gasteiger partial charge < -0.3 is 0 Å². The molecule has 0 amide bonds. The van der Waals surface area contributed by atoms with Gasteiger partial charge in [-0.2, -0.15) is 0 Å². The van der Waals surface area contributed by atoms with E-state index in [1.165, 1.54) is 77.0 Å². The summed E-state index contributed by atoms with van der Waals surface area (Å²) in [6, 6.07) is 0. The van der Waals surface area contributed by atoms with Gasteiger partial charge in [-0.1, -0.05) is 136 Å². The minimum atomic E-state index is -0.186. The first-order valence-electron chi connectivity index (χ1n) is 15.0. The molecule has 1 radical (unpaired) electrons. The standard InChI is InChI=1S/C31H57O3/c1-4-7-10-13-16-19-22-25-28(32)31(29(33)26-23-20-17-14-11-8-5-2)30(34)27-24-21-18-15-12-9-6-3/h4-27H2,1-3H3. The summed E-state index contributed by atoms with van der Waals surface area (Å²) in [7, 11) is 0. The van der Waals surface area contributed by atoms with E-state index in [9.17, 15) is 14.4 Å². The second kappa shape index (κ2) is 25.1. The molecule has 0 atom stereocenters. The minimum absolute atomic E-state index is 0.0305. The fourth-order valence-corrected chi connectivity index (χ4v) is 4.57. The van der Waals surface area contributed by atoms with Gasteiger partial charge in [0, 0.05) is 19.3 Å². The van der Waals surface area contributed by atoms with E-state index < -0.39 is 0 Å². The average Bonchev–Trinajstić information content (AvgIpc) is 2.82. The van der Waals surface area contributed by atoms with Crippen molar-refractivity contribution in [2.45, 2.75) is 175 Å². The molecular weight excluding hydrogens is 420 g/mol. The third-order valence-corrected chi connectivity index (χ3v) is 6.86. The van der Waals surface area contributed by atoms with E-state index in [1.54, 1.807) is 0 Å². The number of carbonyl (C=O) groups excluding carboxylic acids is 3. The number of unbranched alkanes of at least 4 members (excludes halogenated alkanes) is 18. The lowest BCUT2D eigenvalue weighted by molar-refractivity contribution is -0.130. The lowest BCUT2D eigenvalue weighted by Gasteiger charge is -2.13. The Labute approximate surface area is 212 Å². The van der Waals surface area contributed by atoms with Crippen molar-refractivity contribution in [3.05, 3.63) is 5.92 Å². The van der Waals surface area contributed by atoms with E-state index in [4.69, 9.17) is 0 Å². The third-order valence-electron chi connectivity index (χ3n) is 6.86. The van der Waals surface area contributed by atoms with E-state index in [2.05, 4.69) is 20.8 Å². The van der Waals surface area contributed by atoms with Crippen molar-refractivity contribution in [2.24, 2.45) is 0 Å². The second-order valence-electron chi connectivity index (χ2n) is 10.3. The van der Waals surface area contributed by atoms with Crippen molar-refractivity contribution >= 4 is 17.3 Å². The number of rotatable bonds is 27. The number of ketones is 3. The molecule has 0 bridgehead atoms. The Kier molecular flexibility index (Phi) is 24.4. The van der Waals surface area contributed by atoms with Crippen molar-refractivity contribution in [1.82, 2.24) is 0 Å². The van der Waals surface area contributed by atoms with Crippen LogP contribution in [-0.4, -0.2) is 17.3 Å². The van der Waals surface area contributed by atoms with Gasteiger partial charge in [0.25, 0.3) is 0 Å². The Morgan fingerprint density at radius 1 is 0.324 bits per heavy atom. The molecule has 0 saturated carbocycles. The van der Waals surface area contributed by atoms with Crippen LogP contribution in [0, 0.1) is 5.92 Å². The van der Waals surface area contributed by atoms with E-state index in [1.807, 2.05) is 0 Å². The molecule has 0 fully saturated rings. The van der Waals surface area contributed by atoms with Crippen molar-refractivity contribution < 1.29 is 14.4 Å². The van der Waals surface area contributed by atoms with Crippen molar-refractivity contribution in [2.75, 3.05) is 0 Å². The van der Waals surface area contributed by atoms with Crippen LogP contribution >= 0.6 is 0 Å². The molecule has 3 nitrogen and oxygen atoms in total. The molecule has 0 heterocycles. The van der Waals surface area contributed by atoms with Crippen LogP contribution in [0.25, 0.3) is 0 Å². The van der Waals surface area contributed by atoms with E-state index in [0.29, 0.717) is 19.3 Å². The first-order chi connectivity index (χ1) is 16.6. The molecular formula is C31H57O3. The summed E-state index contributed by atoms with van der Waals surface area (Å²) in [5, 5.41) is 0. The van der Waals surface area contributed by atoms with Crippen LogP contribution in [0.3, 0.4) is 0 Å². The number of hydrogen-bond donors (Lipinski definition) is 0. The Morgan fingerprint density at radius 2 is 0.529 bits per heavy atom. The number of carbonyl (C=O) groups is 3. The quantitative estimate of drug-likeness (QED) is 0.0873. The molecule has 34 heavy (non-hydrogen) atoms. The molecule has 0 aliphatic carbocycles. The fourth-order valence-electron chi connectivity index (χ4n) is 4.57. The Balaban J connectivity index is 4.49. The van der Waals surface area contributed by atoms with Crippen molar-refractivity contribution in [3.8, 4) is 0 Å². The zero-order chi connectivity index (χ0) is 25.3. The van der Waals surface area contributed by atoms with E-state index in [0.717, 1.165) is 57.8 Å². The Morgan fingerprint density at radius 3 is 0.765 bits per heavy atom. The molecule has 0 aromatic carbocycles. The highest BCUT2D eigenvalue weighted by Gasteiger charge is 2.32. The smallest absolute Gasteiger partial charge is 0.172 e. The highest BCUT2D eigenvalue weighted by molar-refractivity contribution is 6.34. The van der Waals surface area contributed by atoms with Crippen LogP contribution in [0.2, 0.25) is 0 Å². The van der Waals surface area contributed by atoms with Gasteiger partial charge in [0.05, 0.1) is 0 Å². The molecule has 199 valence electrons. The SMILES string of the molecule is CCCCCCCCCC(=O)[C](C(=O)CCCCCCCCC)C(=O)CCCCCCCCC. The first-order valence-corrected chi connectivity index (χ1v) is 15.0. The van der Waals surface area contributed by atoms with Crippen LogP contribution in [-0.2, 0) is 14.4 Å². The van der Waals surface area contributed by atoms with Crippen LogP contribution in [0.4, 0.5) is 0 Å². The summed E-state index contributed by atoms with van der Waals surface area (Å²) < 4.78 is 0. The number of hydrogen-bond acceptors (Lipinski definition) is 3. The minimum Gasteiger partial charge on any atom is -0.298 e. The van der Waals surface area contributed by atoms with E-state index in [-0.39, 0.29) is 23.3 Å². The second-order valence-corrected chi connectivity index (χ2v) is 10.3. The summed E-state index contributed by atoms with van der Waals surface area (Å²) in [5.41, 5.74) is 0. The highest BCUT2D eigenvalue weighted by Crippen LogP contribution is 2.20. The Hall–Kier alpha value is -0.990. The molecule has 0 aliphatic heterocycles. The summed E-state index contributed by atoms with van der Waals surface area (Å²) in [5.74, 6) is -0.527. The lowest BCUT2D eigenvalue weighted by atomic mass is 9.86. The average molecular weight is 478 g/mol. The van der Waals surface area contributed by atoms with Crippen molar-refractivity contribution in [1.29, 1.82) is 0 Å². The van der Waals surface area contributed by atoms with Gasteiger partial charge in [-0.25, -0.2) is 0 Å². The monoisotopic (exact) mass is 477 g/mol. The first kappa shape index (κ1) is 33.0. The van der Waals surface area contributed by atoms with Gasteiger partial charge in [-0.05, 0) is 19.3 Å². The molecule has 3 heteroatoms. The molecule has 0 rings (SSSR count). The molecule has 0 unspecified atom stereocenters. The fraction of sp³-hybridized carbons (Fsp3) is 0.871. The van der Waals surface area contributed by atoms with Gasteiger partial charge in [0.1, 0.15) is 0 Å². The predicted octanol–water partition coefficient (Wildman–Crippen LogP) is 9.69. The number of Topliss-reactive ketones (excluding diaryl/α,β-unsaturated/α-hetero) is 3. The van der Waals surface area contributed by atoms with Crippen LogP contribution in [0.5, 0.6) is 0 Å².